The molecule has 3 N–H and O–H groups in total. The molecule has 2 aromatic rings. The fourth-order valence-electron chi connectivity index (χ4n) is 1.57. The average molecular weight is 232 g/mol. The van der Waals surface area contributed by atoms with Gasteiger partial charge in [-0.2, -0.15) is 0 Å². The van der Waals surface area contributed by atoms with E-state index in [1.165, 1.54) is 0 Å². The fourth-order valence-corrected chi connectivity index (χ4v) is 1.57. The van der Waals surface area contributed by atoms with Gasteiger partial charge in [0.15, 0.2) is 0 Å². The van der Waals surface area contributed by atoms with Gasteiger partial charge in [0.05, 0.1) is 11.8 Å². The highest BCUT2D eigenvalue weighted by atomic mass is 16.3. The van der Waals surface area contributed by atoms with Crippen molar-refractivity contribution >= 4 is 16.9 Å². The summed E-state index contributed by atoms with van der Waals surface area (Å²) in [4.78, 5) is 11.2. The van der Waals surface area contributed by atoms with E-state index in [1.807, 2.05) is 24.3 Å². The summed E-state index contributed by atoms with van der Waals surface area (Å²) in [5.74, 6) is -0.370. The predicted molar refractivity (Wildman–Crippen MR) is 66.3 cm³/mol. The first-order valence-corrected chi connectivity index (χ1v) is 5.51. The van der Waals surface area contributed by atoms with Crippen molar-refractivity contribution in [3.63, 3.8) is 0 Å². The molecule has 2 rings (SSSR count). The van der Waals surface area contributed by atoms with Crippen molar-refractivity contribution in [3.8, 4) is 0 Å². The van der Waals surface area contributed by atoms with Crippen LogP contribution in [0.1, 0.15) is 19.4 Å². The van der Waals surface area contributed by atoms with Gasteiger partial charge in [0.2, 0.25) is 5.91 Å². The second kappa shape index (κ2) is 4.22. The number of hydrogen-bond donors (Lipinski definition) is 2. The van der Waals surface area contributed by atoms with Crippen molar-refractivity contribution < 1.29 is 9.21 Å². The van der Waals surface area contributed by atoms with Crippen LogP contribution in [0.5, 0.6) is 0 Å². The lowest BCUT2D eigenvalue weighted by atomic mass is 10.0. The minimum Gasteiger partial charge on any atom is -0.464 e. The Morgan fingerprint density at radius 1 is 1.41 bits per heavy atom. The quantitative estimate of drug-likeness (QED) is 0.844. The van der Waals surface area contributed by atoms with Crippen molar-refractivity contribution in [1.29, 1.82) is 0 Å². The molecule has 0 bridgehead atoms. The molecule has 90 valence electrons. The lowest BCUT2D eigenvalue weighted by Gasteiger charge is -2.21. The number of primary amides is 1. The molecule has 0 saturated heterocycles. The zero-order valence-electron chi connectivity index (χ0n) is 9.99. The van der Waals surface area contributed by atoms with Crippen LogP contribution in [0.25, 0.3) is 11.0 Å². The van der Waals surface area contributed by atoms with Gasteiger partial charge < -0.3 is 10.2 Å². The molecule has 1 heterocycles. The maximum atomic E-state index is 11.2. The Morgan fingerprint density at radius 3 is 2.82 bits per heavy atom. The number of benzene rings is 1. The number of fused-ring (bicyclic) bond motifs is 1. The molecule has 4 heteroatoms. The smallest absolute Gasteiger partial charge is 0.237 e. The Bertz CT molecular complexity index is 543. The molecule has 1 aromatic carbocycles. The highest BCUT2D eigenvalue weighted by Gasteiger charge is 2.24. The van der Waals surface area contributed by atoms with Gasteiger partial charge in [-0.1, -0.05) is 18.2 Å². The molecule has 0 radical (unpaired) electrons. The molecule has 4 nitrogen and oxygen atoms in total. The molecule has 0 aliphatic heterocycles. The van der Waals surface area contributed by atoms with Crippen LogP contribution in [-0.4, -0.2) is 11.4 Å². The summed E-state index contributed by atoms with van der Waals surface area (Å²) in [6.07, 6.45) is 1.70. The van der Waals surface area contributed by atoms with Crippen LogP contribution in [0.15, 0.2) is 34.9 Å². The molecule has 0 fully saturated rings. The monoisotopic (exact) mass is 232 g/mol. The maximum absolute atomic E-state index is 11.2. The zero-order valence-corrected chi connectivity index (χ0v) is 9.99. The molecule has 0 spiro atoms. The zero-order chi connectivity index (χ0) is 12.5. The lowest BCUT2D eigenvalue weighted by molar-refractivity contribution is -0.123. The third kappa shape index (κ3) is 2.31. The number of nitrogens with one attached hydrogen (secondary N) is 1. The Morgan fingerprint density at radius 2 is 2.12 bits per heavy atom. The Kier molecular flexibility index (Phi) is 2.90. The summed E-state index contributed by atoms with van der Waals surface area (Å²) < 4.78 is 5.42. The normalized spacial score (nSPS) is 11.9. The molecule has 0 saturated carbocycles. The highest BCUT2D eigenvalue weighted by molar-refractivity contribution is 5.84. The predicted octanol–water partition coefficient (Wildman–Crippen LogP) is 1.79. The van der Waals surface area contributed by atoms with Gasteiger partial charge in [-0.25, -0.2) is 0 Å². The van der Waals surface area contributed by atoms with E-state index >= 15 is 0 Å². The van der Waals surface area contributed by atoms with Gasteiger partial charge in [-0.05, 0) is 19.9 Å². The molecule has 17 heavy (non-hydrogen) atoms. The van der Waals surface area contributed by atoms with Crippen molar-refractivity contribution in [3.05, 3.63) is 36.1 Å². The number of para-hydroxylation sites is 1. The van der Waals surface area contributed by atoms with Crippen molar-refractivity contribution in [2.45, 2.75) is 25.9 Å². The van der Waals surface area contributed by atoms with Crippen LogP contribution < -0.4 is 11.1 Å². The SMILES string of the molecule is CC(C)(NCc1coc2ccccc12)C(N)=O. The fraction of sp³-hybridized carbons (Fsp3) is 0.308. The number of nitrogens with two attached hydrogens (primary N) is 1. The van der Waals surface area contributed by atoms with Crippen LogP contribution in [0.4, 0.5) is 0 Å². The summed E-state index contributed by atoms with van der Waals surface area (Å²) in [5, 5.41) is 4.17. The first-order chi connectivity index (χ1) is 8.00. The van der Waals surface area contributed by atoms with Crippen LogP contribution >= 0.6 is 0 Å². The van der Waals surface area contributed by atoms with Crippen molar-refractivity contribution in [2.24, 2.45) is 5.73 Å². The van der Waals surface area contributed by atoms with Gasteiger partial charge >= 0.3 is 0 Å². The van der Waals surface area contributed by atoms with E-state index in [9.17, 15) is 4.79 Å². The molecule has 0 atom stereocenters. The Hall–Kier alpha value is -1.81. The minimum atomic E-state index is -0.724. The first-order valence-electron chi connectivity index (χ1n) is 5.51. The van der Waals surface area contributed by atoms with Crippen molar-refractivity contribution in [1.82, 2.24) is 5.32 Å². The van der Waals surface area contributed by atoms with E-state index in [0.717, 1.165) is 16.5 Å². The molecular weight excluding hydrogens is 216 g/mol. The van der Waals surface area contributed by atoms with Crippen LogP contribution in [0.2, 0.25) is 0 Å². The molecule has 0 unspecified atom stereocenters. The van der Waals surface area contributed by atoms with Crippen LogP contribution in [0.3, 0.4) is 0 Å². The number of hydrogen-bond acceptors (Lipinski definition) is 3. The molecule has 0 aliphatic carbocycles. The number of carbonyl (C=O) groups excluding carboxylic acids is 1. The van der Waals surface area contributed by atoms with E-state index in [2.05, 4.69) is 5.32 Å². The van der Waals surface area contributed by atoms with E-state index in [4.69, 9.17) is 10.2 Å². The summed E-state index contributed by atoms with van der Waals surface area (Å²) in [7, 11) is 0. The van der Waals surface area contributed by atoms with E-state index in [0.29, 0.717) is 6.54 Å². The average Bonchev–Trinajstić information content (AvgIpc) is 2.69. The van der Waals surface area contributed by atoms with Gasteiger partial charge in [0, 0.05) is 17.5 Å². The number of rotatable bonds is 4. The first kappa shape index (κ1) is 11.7. The molecular formula is C13H16N2O2. The van der Waals surface area contributed by atoms with Gasteiger partial charge in [-0.15, -0.1) is 0 Å². The third-order valence-corrected chi connectivity index (χ3v) is 2.90. The molecule has 0 aliphatic rings. The van der Waals surface area contributed by atoms with E-state index < -0.39 is 5.54 Å². The third-order valence-electron chi connectivity index (χ3n) is 2.90. The van der Waals surface area contributed by atoms with Gasteiger partial charge in [0.25, 0.3) is 0 Å². The van der Waals surface area contributed by atoms with Gasteiger partial charge in [-0.3, -0.25) is 10.1 Å². The standard InChI is InChI=1S/C13H16N2O2/c1-13(2,12(14)16)15-7-9-8-17-11-6-4-3-5-10(9)11/h3-6,8,15H,7H2,1-2H3,(H2,14,16). The Balaban J connectivity index is 2.17. The van der Waals surface area contributed by atoms with Crippen molar-refractivity contribution in [2.75, 3.05) is 0 Å². The number of amides is 1. The second-order valence-corrected chi connectivity index (χ2v) is 4.60. The molecule has 1 aromatic heterocycles. The lowest BCUT2D eigenvalue weighted by Crippen LogP contribution is -2.50. The summed E-state index contributed by atoms with van der Waals surface area (Å²) in [5.41, 5.74) is 6.45. The number of carbonyl (C=O) groups is 1. The van der Waals surface area contributed by atoms with Gasteiger partial charge in [0.1, 0.15) is 5.58 Å². The summed E-state index contributed by atoms with van der Waals surface area (Å²) in [6, 6.07) is 7.79. The minimum absolute atomic E-state index is 0.370. The second-order valence-electron chi connectivity index (χ2n) is 4.60. The van der Waals surface area contributed by atoms with E-state index in [-0.39, 0.29) is 5.91 Å². The largest absolute Gasteiger partial charge is 0.464 e. The number of furan rings is 1. The topological polar surface area (TPSA) is 68.3 Å². The highest BCUT2D eigenvalue weighted by Crippen LogP contribution is 2.20. The van der Waals surface area contributed by atoms with E-state index in [1.54, 1.807) is 20.1 Å². The van der Waals surface area contributed by atoms with Crippen LogP contribution in [-0.2, 0) is 11.3 Å². The molecule has 1 amide bonds. The summed E-state index contributed by atoms with van der Waals surface area (Å²) in [6.45, 7) is 4.07. The maximum Gasteiger partial charge on any atom is 0.237 e. The Labute approximate surface area is 99.8 Å². The van der Waals surface area contributed by atoms with Crippen LogP contribution in [0, 0.1) is 0 Å². The summed E-state index contributed by atoms with van der Waals surface area (Å²) >= 11 is 0.